The van der Waals surface area contributed by atoms with E-state index >= 15 is 0 Å². The predicted molar refractivity (Wildman–Crippen MR) is 74.3 cm³/mol. The lowest BCUT2D eigenvalue weighted by molar-refractivity contribution is -0.125. The number of halogens is 1. The van der Waals surface area contributed by atoms with E-state index in [0.717, 1.165) is 4.90 Å². The number of rotatable bonds is 4. The van der Waals surface area contributed by atoms with Gasteiger partial charge in [-0.2, -0.15) is 0 Å². The van der Waals surface area contributed by atoms with Gasteiger partial charge in [-0.05, 0) is 18.2 Å². The molecule has 0 spiro atoms. The Labute approximate surface area is 120 Å². The van der Waals surface area contributed by atoms with Crippen LogP contribution in [0.4, 0.5) is 20.6 Å². The Hall–Kier alpha value is -2.64. The fraction of sp³-hybridized carbons (Fsp3) is 0.308. The first-order valence-corrected chi connectivity index (χ1v) is 6.36. The average molecular weight is 294 g/mol. The zero-order valence-electron chi connectivity index (χ0n) is 11.4. The first-order chi connectivity index (χ1) is 9.97. The second kappa shape index (κ2) is 6.21. The van der Waals surface area contributed by atoms with Gasteiger partial charge in [0.2, 0.25) is 11.8 Å². The predicted octanol–water partition coefficient (Wildman–Crippen LogP) is 0.748. The van der Waals surface area contributed by atoms with Gasteiger partial charge in [-0.25, -0.2) is 9.18 Å². The van der Waals surface area contributed by atoms with Crippen LogP contribution in [-0.4, -0.2) is 42.4 Å². The van der Waals surface area contributed by atoms with E-state index in [0.29, 0.717) is 18.8 Å². The molecule has 1 aromatic carbocycles. The van der Waals surface area contributed by atoms with Gasteiger partial charge in [0, 0.05) is 25.7 Å². The minimum absolute atomic E-state index is 0.0267. The molecule has 1 fully saturated rings. The first-order valence-electron chi connectivity index (χ1n) is 6.36. The number of nitrogens with zero attached hydrogens (tertiary/aromatic N) is 1. The topological polar surface area (TPSA) is 90.5 Å². The molecule has 112 valence electrons. The highest BCUT2D eigenvalue weighted by molar-refractivity contribution is 5.97. The summed E-state index contributed by atoms with van der Waals surface area (Å²) in [5.74, 6) is -1.34. The third-order valence-corrected chi connectivity index (χ3v) is 2.88. The highest BCUT2D eigenvalue weighted by Gasteiger charge is 2.25. The number of carbonyl (C=O) groups excluding carboxylic acids is 3. The van der Waals surface area contributed by atoms with E-state index in [2.05, 4.69) is 16.0 Å². The molecule has 1 heterocycles. The van der Waals surface area contributed by atoms with Gasteiger partial charge in [-0.1, -0.05) is 0 Å². The number of nitrogens with one attached hydrogen (secondary N) is 3. The quantitative estimate of drug-likeness (QED) is 0.764. The van der Waals surface area contributed by atoms with Gasteiger partial charge in [0.15, 0.2) is 0 Å². The second-order valence-electron chi connectivity index (χ2n) is 4.51. The minimum Gasteiger partial charge on any atom is -0.376 e. The highest BCUT2D eigenvalue weighted by atomic mass is 19.1. The Balaban J connectivity index is 1.98. The summed E-state index contributed by atoms with van der Waals surface area (Å²) in [7, 11) is 0. The molecule has 8 heteroatoms. The number of hydrogen-bond acceptors (Lipinski definition) is 4. The van der Waals surface area contributed by atoms with Crippen molar-refractivity contribution in [1.82, 2.24) is 10.2 Å². The van der Waals surface area contributed by atoms with Crippen molar-refractivity contribution in [2.45, 2.75) is 6.92 Å². The van der Waals surface area contributed by atoms with E-state index in [1.807, 2.05) is 0 Å². The van der Waals surface area contributed by atoms with Crippen LogP contribution in [0, 0.1) is 5.82 Å². The third-order valence-electron chi connectivity index (χ3n) is 2.88. The molecule has 0 saturated carbocycles. The number of imide groups is 1. The zero-order chi connectivity index (χ0) is 15.4. The monoisotopic (exact) mass is 294 g/mol. The van der Waals surface area contributed by atoms with Crippen LogP contribution in [0.25, 0.3) is 0 Å². The van der Waals surface area contributed by atoms with Gasteiger partial charge >= 0.3 is 6.03 Å². The standard InChI is InChI=1S/C13H15FN4O3/c1-8(19)17-11-6-9(2-3-10(11)14)16-7-12(20)18-5-4-15-13(18)21/h2-3,6,16H,4-5,7H2,1H3,(H,15,21)(H,17,19). The van der Waals surface area contributed by atoms with Crippen molar-refractivity contribution in [3.8, 4) is 0 Å². The van der Waals surface area contributed by atoms with Gasteiger partial charge < -0.3 is 16.0 Å². The number of anilines is 2. The summed E-state index contributed by atoms with van der Waals surface area (Å²) in [4.78, 5) is 35.2. The van der Waals surface area contributed by atoms with E-state index < -0.39 is 17.8 Å². The summed E-state index contributed by atoms with van der Waals surface area (Å²) in [5.41, 5.74) is 0.493. The number of carbonyl (C=O) groups is 3. The Morgan fingerprint density at radius 1 is 1.43 bits per heavy atom. The van der Waals surface area contributed by atoms with Crippen LogP contribution in [0.15, 0.2) is 18.2 Å². The third kappa shape index (κ3) is 3.68. The van der Waals surface area contributed by atoms with E-state index in [4.69, 9.17) is 0 Å². The molecule has 0 aliphatic carbocycles. The lowest BCUT2D eigenvalue weighted by atomic mass is 10.2. The summed E-state index contributed by atoms with van der Waals surface area (Å²) >= 11 is 0. The minimum atomic E-state index is -0.569. The summed E-state index contributed by atoms with van der Waals surface area (Å²) < 4.78 is 13.5. The van der Waals surface area contributed by atoms with Crippen LogP contribution >= 0.6 is 0 Å². The van der Waals surface area contributed by atoms with Gasteiger partial charge in [0.1, 0.15) is 5.82 Å². The molecule has 1 aliphatic rings. The van der Waals surface area contributed by atoms with Crippen molar-refractivity contribution in [1.29, 1.82) is 0 Å². The van der Waals surface area contributed by atoms with E-state index in [1.54, 1.807) is 0 Å². The smallest absolute Gasteiger partial charge is 0.324 e. The van der Waals surface area contributed by atoms with Crippen LogP contribution in [0.3, 0.4) is 0 Å². The summed E-state index contributed by atoms with van der Waals surface area (Å²) in [6, 6.07) is 3.59. The maximum Gasteiger partial charge on any atom is 0.324 e. The van der Waals surface area contributed by atoms with Crippen LogP contribution in [-0.2, 0) is 9.59 Å². The van der Waals surface area contributed by atoms with Crippen molar-refractivity contribution in [2.75, 3.05) is 30.3 Å². The fourth-order valence-electron chi connectivity index (χ4n) is 1.90. The maximum atomic E-state index is 13.5. The molecule has 0 radical (unpaired) electrons. The molecule has 4 amide bonds. The average Bonchev–Trinajstić information content (AvgIpc) is 2.85. The first kappa shape index (κ1) is 14.8. The fourth-order valence-corrected chi connectivity index (χ4v) is 1.90. The summed E-state index contributed by atoms with van der Waals surface area (Å²) in [6.07, 6.45) is 0. The molecule has 1 aliphatic heterocycles. The number of amides is 4. The number of urea groups is 1. The molecular formula is C13H15FN4O3. The normalized spacial score (nSPS) is 13.8. The second-order valence-corrected chi connectivity index (χ2v) is 4.51. The highest BCUT2D eigenvalue weighted by Crippen LogP contribution is 2.19. The van der Waals surface area contributed by atoms with Crippen molar-refractivity contribution < 1.29 is 18.8 Å². The van der Waals surface area contributed by atoms with Gasteiger partial charge in [-0.3, -0.25) is 14.5 Å². The summed E-state index contributed by atoms with van der Waals surface area (Å²) in [5, 5.41) is 7.67. The lowest BCUT2D eigenvalue weighted by Gasteiger charge is -2.14. The van der Waals surface area contributed by atoms with Crippen molar-refractivity contribution in [2.24, 2.45) is 0 Å². The van der Waals surface area contributed by atoms with Crippen molar-refractivity contribution in [3.05, 3.63) is 24.0 Å². The molecule has 1 aromatic rings. The van der Waals surface area contributed by atoms with Crippen molar-refractivity contribution in [3.63, 3.8) is 0 Å². The molecule has 7 nitrogen and oxygen atoms in total. The molecule has 0 aromatic heterocycles. The molecule has 2 rings (SSSR count). The van der Waals surface area contributed by atoms with Gasteiger partial charge in [-0.15, -0.1) is 0 Å². The molecule has 3 N–H and O–H groups in total. The lowest BCUT2D eigenvalue weighted by Crippen LogP contribution is -2.38. The zero-order valence-corrected chi connectivity index (χ0v) is 11.4. The Kier molecular flexibility index (Phi) is 4.36. The molecule has 0 bridgehead atoms. The SMILES string of the molecule is CC(=O)Nc1cc(NCC(=O)N2CCNC2=O)ccc1F. The Morgan fingerprint density at radius 3 is 2.81 bits per heavy atom. The molecule has 21 heavy (non-hydrogen) atoms. The number of hydrogen-bond donors (Lipinski definition) is 3. The van der Waals surface area contributed by atoms with Crippen LogP contribution < -0.4 is 16.0 Å². The van der Waals surface area contributed by atoms with Crippen LogP contribution in [0.1, 0.15) is 6.92 Å². The Morgan fingerprint density at radius 2 is 2.19 bits per heavy atom. The van der Waals surface area contributed by atoms with E-state index in [-0.39, 0.29) is 18.1 Å². The molecule has 0 unspecified atom stereocenters. The Bertz CT molecular complexity index is 591. The van der Waals surface area contributed by atoms with Crippen LogP contribution in [0.2, 0.25) is 0 Å². The maximum absolute atomic E-state index is 13.5. The molecule has 1 saturated heterocycles. The molecular weight excluding hydrogens is 279 g/mol. The van der Waals surface area contributed by atoms with Crippen molar-refractivity contribution >= 4 is 29.2 Å². The van der Waals surface area contributed by atoms with Gasteiger partial charge in [0.25, 0.3) is 0 Å². The van der Waals surface area contributed by atoms with Gasteiger partial charge in [0.05, 0.1) is 12.2 Å². The number of benzene rings is 1. The van der Waals surface area contributed by atoms with Crippen LogP contribution in [0.5, 0.6) is 0 Å². The molecule has 0 atom stereocenters. The van der Waals surface area contributed by atoms with E-state index in [1.165, 1.54) is 25.1 Å². The largest absolute Gasteiger partial charge is 0.376 e. The summed E-state index contributed by atoms with van der Waals surface area (Å²) in [6.45, 7) is 1.95. The van der Waals surface area contributed by atoms with E-state index in [9.17, 15) is 18.8 Å².